The molecule has 0 aliphatic rings. The second-order valence-corrected chi connectivity index (χ2v) is 5.29. The molecule has 19 heavy (non-hydrogen) atoms. The number of rotatable bonds is 5. The summed E-state index contributed by atoms with van der Waals surface area (Å²) in [5, 5.41) is 3.30. The first-order chi connectivity index (χ1) is 8.83. The summed E-state index contributed by atoms with van der Waals surface area (Å²) in [5.41, 5.74) is 2.67. The number of benzene rings is 1. The molecule has 0 bridgehead atoms. The minimum atomic E-state index is -0.560. The van der Waals surface area contributed by atoms with Gasteiger partial charge >= 0.3 is 5.97 Å². The number of esters is 1. The lowest BCUT2D eigenvalue weighted by Crippen LogP contribution is -2.33. The molecule has 0 spiro atoms. The van der Waals surface area contributed by atoms with Crippen LogP contribution in [-0.4, -0.2) is 26.7 Å². The van der Waals surface area contributed by atoms with E-state index >= 15 is 0 Å². The average Bonchev–Trinajstić information content (AvgIpc) is 2.39. The second kappa shape index (κ2) is 5.95. The topological polar surface area (TPSA) is 47.6 Å². The molecule has 0 amide bonds. The Kier molecular flexibility index (Phi) is 4.81. The second-order valence-electron chi connectivity index (χ2n) is 5.29. The predicted octanol–water partition coefficient (Wildman–Crippen LogP) is 2.92. The maximum Gasteiger partial charge on any atom is 0.313 e. The highest BCUT2D eigenvalue weighted by Crippen LogP contribution is 2.28. The minimum Gasteiger partial charge on any atom is -0.496 e. The molecule has 0 aromatic heterocycles. The number of hydrogen-bond acceptors (Lipinski definition) is 4. The van der Waals surface area contributed by atoms with Crippen LogP contribution in [0.5, 0.6) is 5.75 Å². The molecule has 1 aromatic rings. The number of anilines is 1. The minimum absolute atomic E-state index is 0.220. The largest absolute Gasteiger partial charge is 0.496 e. The quantitative estimate of drug-likeness (QED) is 0.832. The van der Waals surface area contributed by atoms with Crippen LogP contribution in [0.4, 0.5) is 5.69 Å². The van der Waals surface area contributed by atoms with E-state index in [1.54, 1.807) is 7.11 Å². The maximum atomic E-state index is 11.6. The van der Waals surface area contributed by atoms with Crippen LogP contribution in [0.25, 0.3) is 0 Å². The molecular formula is C15H23NO3. The molecular weight excluding hydrogens is 242 g/mol. The smallest absolute Gasteiger partial charge is 0.313 e. The van der Waals surface area contributed by atoms with Gasteiger partial charge in [0.1, 0.15) is 5.75 Å². The van der Waals surface area contributed by atoms with E-state index in [0.717, 1.165) is 22.6 Å². The van der Waals surface area contributed by atoms with Gasteiger partial charge in [-0.05, 0) is 51.0 Å². The number of hydrogen-bond donors (Lipinski definition) is 1. The molecule has 1 N–H and O–H groups in total. The molecule has 1 aromatic carbocycles. The van der Waals surface area contributed by atoms with Crippen molar-refractivity contribution in [2.45, 2.75) is 27.7 Å². The third-order valence-electron chi connectivity index (χ3n) is 3.42. The Morgan fingerprint density at radius 1 is 1.21 bits per heavy atom. The highest BCUT2D eigenvalue weighted by molar-refractivity contribution is 5.76. The van der Waals surface area contributed by atoms with Gasteiger partial charge in [0.15, 0.2) is 0 Å². The Morgan fingerprint density at radius 2 is 1.84 bits per heavy atom. The molecule has 1 rings (SSSR count). The van der Waals surface area contributed by atoms with Crippen LogP contribution in [0.1, 0.15) is 25.0 Å². The summed E-state index contributed by atoms with van der Waals surface area (Å²) < 4.78 is 10.1. The van der Waals surface area contributed by atoms with Crippen molar-refractivity contribution in [3.63, 3.8) is 0 Å². The van der Waals surface area contributed by atoms with E-state index in [-0.39, 0.29) is 5.97 Å². The monoisotopic (exact) mass is 265 g/mol. The Labute approximate surface area is 115 Å². The van der Waals surface area contributed by atoms with Crippen LogP contribution in [-0.2, 0) is 9.53 Å². The molecule has 0 unspecified atom stereocenters. The molecule has 0 saturated heterocycles. The summed E-state index contributed by atoms with van der Waals surface area (Å²) in [7, 11) is 3.07. The Morgan fingerprint density at radius 3 is 2.37 bits per heavy atom. The Bertz CT molecular complexity index is 467. The number of methoxy groups -OCH3 is 2. The highest BCUT2D eigenvalue weighted by atomic mass is 16.5. The number of ether oxygens (including phenoxy) is 2. The van der Waals surface area contributed by atoms with E-state index in [9.17, 15) is 4.79 Å². The zero-order chi connectivity index (χ0) is 14.6. The van der Waals surface area contributed by atoms with Gasteiger partial charge in [-0.25, -0.2) is 0 Å². The van der Waals surface area contributed by atoms with Gasteiger partial charge in [-0.2, -0.15) is 0 Å². The summed E-state index contributed by atoms with van der Waals surface area (Å²) in [4.78, 5) is 11.6. The Hall–Kier alpha value is -1.71. The molecule has 0 heterocycles. The first kappa shape index (κ1) is 15.3. The van der Waals surface area contributed by atoms with Crippen molar-refractivity contribution in [3.05, 3.63) is 23.3 Å². The first-order valence-corrected chi connectivity index (χ1v) is 6.30. The van der Waals surface area contributed by atoms with Crippen molar-refractivity contribution in [1.29, 1.82) is 0 Å². The van der Waals surface area contributed by atoms with Gasteiger partial charge in [-0.1, -0.05) is 0 Å². The van der Waals surface area contributed by atoms with Gasteiger partial charge in [0.25, 0.3) is 0 Å². The maximum absolute atomic E-state index is 11.6. The lowest BCUT2D eigenvalue weighted by atomic mass is 9.93. The van der Waals surface area contributed by atoms with Crippen molar-refractivity contribution in [2.75, 3.05) is 26.1 Å². The third kappa shape index (κ3) is 3.40. The number of carbonyl (C=O) groups excluding carboxylic acids is 1. The molecule has 0 saturated carbocycles. The van der Waals surface area contributed by atoms with Gasteiger partial charge in [0, 0.05) is 12.2 Å². The van der Waals surface area contributed by atoms with Crippen molar-refractivity contribution in [3.8, 4) is 5.75 Å². The number of nitrogens with one attached hydrogen (secondary N) is 1. The molecule has 4 nitrogen and oxygen atoms in total. The van der Waals surface area contributed by atoms with Crippen LogP contribution in [0.3, 0.4) is 0 Å². The standard InChI is InChI=1S/C15H23NO3/c1-10-11(2)13(18-5)8-7-12(10)16-9-15(3,4)14(17)19-6/h7-8,16H,9H2,1-6H3. The summed E-state index contributed by atoms with van der Waals surface area (Å²) in [6.07, 6.45) is 0. The third-order valence-corrected chi connectivity index (χ3v) is 3.42. The van der Waals surface area contributed by atoms with Crippen molar-refractivity contribution in [2.24, 2.45) is 5.41 Å². The first-order valence-electron chi connectivity index (χ1n) is 6.30. The van der Waals surface area contributed by atoms with Crippen LogP contribution in [0.15, 0.2) is 12.1 Å². The average molecular weight is 265 g/mol. The summed E-state index contributed by atoms with van der Waals surface area (Å²) in [6.45, 7) is 8.29. The van der Waals surface area contributed by atoms with Crippen LogP contribution >= 0.6 is 0 Å². The zero-order valence-corrected chi connectivity index (χ0v) is 12.6. The van der Waals surface area contributed by atoms with Gasteiger partial charge in [0.05, 0.1) is 19.6 Å². The SMILES string of the molecule is COC(=O)C(C)(C)CNc1ccc(OC)c(C)c1C. The van der Waals surface area contributed by atoms with Crippen molar-refractivity contribution >= 4 is 11.7 Å². The van der Waals surface area contributed by atoms with E-state index in [0.29, 0.717) is 6.54 Å². The van der Waals surface area contributed by atoms with Gasteiger partial charge < -0.3 is 14.8 Å². The fourth-order valence-electron chi connectivity index (χ4n) is 1.87. The van der Waals surface area contributed by atoms with E-state index in [4.69, 9.17) is 9.47 Å². The molecule has 4 heteroatoms. The molecule has 0 aliphatic heterocycles. The fraction of sp³-hybridized carbons (Fsp3) is 0.533. The Balaban J connectivity index is 2.85. The fourth-order valence-corrected chi connectivity index (χ4v) is 1.87. The molecule has 0 aliphatic carbocycles. The van der Waals surface area contributed by atoms with Crippen molar-refractivity contribution in [1.82, 2.24) is 0 Å². The molecule has 106 valence electrons. The lowest BCUT2D eigenvalue weighted by molar-refractivity contribution is -0.149. The van der Waals surface area contributed by atoms with Crippen LogP contribution in [0, 0.1) is 19.3 Å². The van der Waals surface area contributed by atoms with E-state index in [1.807, 2.05) is 39.8 Å². The number of carbonyl (C=O) groups is 1. The van der Waals surface area contributed by atoms with Gasteiger partial charge in [-0.15, -0.1) is 0 Å². The summed E-state index contributed by atoms with van der Waals surface area (Å²) in [5.74, 6) is 0.651. The van der Waals surface area contributed by atoms with E-state index in [2.05, 4.69) is 5.32 Å². The van der Waals surface area contributed by atoms with Gasteiger partial charge in [0.2, 0.25) is 0 Å². The van der Waals surface area contributed by atoms with E-state index < -0.39 is 5.41 Å². The summed E-state index contributed by atoms with van der Waals surface area (Å²) in [6, 6.07) is 3.89. The van der Waals surface area contributed by atoms with Crippen molar-refractivity contribution < 1.29 is 14.3 Å². The van der Waals surface area contributed by atoms with Gasteiger partial charge in [-0.3, -0.25) is 4.79 Å². The predicted molar refractivity (Wildman–Crippen MR) is 76.8 cm³/mol. The summed E-state index contributed by atoms with van der Waals surface area (Å²) >= 11 is 0. The highest BCUT2D eigenvalue weighted by Gasteiger charge is 2.28. The zero-order valence-electron chi connectivity index (χ0n) is 12.6. The van der Waals surface area contributed by atoms with Crippen LogP contribution in [0.2, 0.25) is 0 Å². The van der Waals surface area contributed by atoms with E-state index in [1.165, 1.54) is 7.11 Å². The van der Waals surface area contributed by atoms with Crippen LogP contribution < -0.4 is 10.1 Å². The molecule has 0 radical (unpaired) electrons. The normalized spacial score (nSPS) is 11.1. The molecule has 0 fully saturated rings. The molecule has 0 atom stereocenters. The lowest BCUT2D eigenvalue weighted by Gasteiger charge is -2.23.